The lowest BCUT2D eigenvalue weighted by atomic mass is 10.3. The summed E-state index contributed by atoms with van der Waals surface area (Å²) in [5.41, 5.74) is 1.05. The average molecular weight is 375 g/mol. The highest BCUT2D eigenvalue weighted by atomic mass is 35.5. The molecule has 1 unspecified atom stereocenters. The molecule has 1 N–H and O–H groups in total. The van der Waals surface area contributed by atoms with E-state index in [0.717, 1.165) is 4.88 Å². The molecule has 2 aromatic heterocycles. The Kier molecular flexibility index (Phi) is 6.07. The molecule has 0 bridgehead atoms. The fourth-order valence-electron chi connectivity index (χ4n) is 1.94. The van der Waals surface area contributed by atoms with Crippen LogP contribution < -0.4 is 5.32 Å². The summed E-state index contributed by atoms with van der Waals surface area (Å²) in [6.07, 6.45) is 2.31. The van der Waals surface area contributed by atoms with Gasteiger partial charge < -0.3 is 9.87 Å². The topological polar surface area (TPSA) is 82.9 Å². The molecule has 0 aromatic carbocycles. The summed E-state index contributed by atoms with van der Waals surface area (Å²) in [5.74, 6) is -0.287. The highest BCUT2D eigenvalue weighted by Crippen LogP contribution is 2.23. The molecule has 126 valence electrons. The first kappa shape index (κ1) is 18.3. The van der Waals surface area contributed by atoms with Crippen LogP contribution in [0.4, 0.5) is 0 Å². The summed E-state index contributed by atoms with van der Waals surface area (Å²) in [6, 6.07) is 0. The van der Waals surface area contributed by atoms with Gasteiger partial charge in [-0.15, -0.1) is 0 Å². The monoisotopic (exact) mass is 374 g/mol. The van der Waals surface area contributed by atoms with E-state index in [1.54, 1.807) is 13.2 Å². The smallest absolute Gasteiger partial charge is 0.302 e. The molecule has 6 nitrogen and oxygen atoms in total. The van der Waals surface area contributed by atoms with Crippen LogP contribution in [0.3, 0.4) is 0 Å². The Balaban J connectivity index is 2.04. The van der Waals surface area contributed by atoms with Crippen LogP contribution in [0.2, 0.25) is 5.02 Å². The van der Waals surface area contributed by atoms with E-state index in [0.29, 0.717) is 33.7 Å². The molecule has 0 aliphatic heterocycles. The van der Waals surface area contributed by atoms with E-state index in [1.807, 2.05) is 20.8 Å². The third-order valence-corrected chi connectivity index (χ3v) is 6.40. The Morgan fingerprint density at radius 2 is 2.26 bits per heavy atom. The standard InChI is InChI=1S/C14H19ClN4O2S2/c1-5-10-11(15)12(19(4)18-10)13(20)16-6-9-7-17-14(22-9)23(21)8(2)3/h7-8H,5-6H2,1-4H3,(H,16,20). The molecular weight excluding hydrogens is 356 g/mol. The van der Waals surface area contributed by atoms with Gasteiger partial charge in [-0.05, 0) is 20.3 Å². The van der Waals surface area contributed by atoms with E-state index in [2.05, 4.69) is 15.4 Å². The van der Waals surface area contributed by atoms with Gasteiger partial charge in [-0.25, -0.2) is 0 Å². The average Bonchev–Trinajstić information content (AvgIpc) is 3.08. The minimum Gasteiger partial charge on any atom is -0.609 e. The molecule has 2 aromatic rings. The lowest BCUT2D eigenvalue weighted by Gasteiger charge is -2.09. The van der Waals surface area contributed by atoms with Crippen LogP contribution in [0.15, 0.2) is 10.5 Å². The number of aromatic nitrogens is 3. The van der Waals surface area contributed by atoms with E-state index in [-0.39, 0.29) is 11.2 Å². The number of nitrogens with one attached hydrogen (secondary N) is 1. The quantitative estimate of drug-likeness (QED) is 0.787. The van der Waals surface area contributed by atoms with Crippen LogP contribution in [0.5, 0.6) is 0 Å². The van der Waals surface area contributed by atoms with Crippen molar-refractivity contribution in [3.05, 3.63) is 27.5 Å². The van der Waals surface area contributed by atoms with Gasteiger partial charge in [-0.1, -0.05) is 29.9 Å². The first-order valence-electron chi connectivity index (χ1n) is 7.20. The van der Waals surface area contributed by atoms with Gasteiger partial charge in [0.25, 0.3) is 5.91 Å². The lowest BCUT2D eigenvalue weighted by Crippen LogP contribution is -2.25. The number of amides is 1. The predicted octanol–water partition coefficient (Wildman–Crippen LogP) is 2.54. The first-order valence-corrected chi connectivity index (χ1v) is 9.60. The van der Waals surface area contributed by atoms with Gasteiger partial charge in [0.05, 0.1) is 17.3 Å². The van der Waals surface area contributed by atoms with Gasteiger partial charge in [0.1, 0.15) is 10.9 Å². The molecule has 0 aliphatic carbocycles. The van der Waals surface area contributed by atoms with Gasteiger partial charge in [0, 0.05) is 29.3 Å². The summed E-state index contributed by atoms with van der Waals surface area (Å²) < 4.78 is 14.1. The van der Waals surface area contributed by atoms with Crippen molar-refractivity contribution in [2.45, 2.75) is 43.3 Å². The van der Waals surface area contributed by atoms with E-state index in [1.165, 1.54) is 16.0 Å². The van der Waals surface area contributed by atoms with E-state index < -0.39 is 11.2 Å². The largest absolute Gasteiger partial charge is 0.609 e. The summed E-state index contributed by atoms with van der Waals surface area (Å²) >= 11 is 6.43. The summed E-state index contributed by atoms with van der Waals surface area (Å²) in [7, 11) is 1.69. The zero-order chi connectivity index (χ0) is 17.1. The summed E-state index contributed by atoms with van der Waals surface area (Å²) in [5, 5.41) is 7.43. The number of aryl methyl sites for hydroxylation is 2. The summed E-state index contributed by atoms with van der Waals surface area (Å²) in [6.45, 7) is 6.02. The molecule has 0 aliphatic rings. The summed E-state index contributed by atoms with van der Waals surface area (Å²) in [4.78, 5) is 17.3. The molecule has 1 amide bonds. The molecule has 0 saturated heterocycles. The fourth-order valence-corrected chi connectivity index (χ4v) is 4.69. The Morgan fingerprint density at radius 3 is 2.83 bits per heavy atom. The molecule has 2 rings (SSSR count). The number of rotatable bonds is 6. The molecule has 0 saturated carbocycles. The Hall–Kier alpha value is -1.09. The van der Waals surface area contributed by atoms with Crippen LogP contribution in [-0.4, -0.2) is 30.5 Å². The predicted molar refractivity (Wildman–Crippen MR) is 92.4 cm³/mol. The second-order valence-corrected chi connectivity index (χ2v) is 8.88. The molecule has 0 spiro atoms. The van der Waals surface area contributed by atoms with Crippen molar-refractivity contribution in [2.24, 2.45) is 7.05 Å². The Labute approximate surface area is 147 Å². The molecule has 2 heterocycles. The highest BCUT2D eigenvalue weighted by Gasteiger charge is 2.22. The third kappa shape index (κ3) is 4.06. The van der Waals surface area contributed by atoms with Gasteiger partial charge in [0.2, 0.25) is 0 Å². The SMILES string of the molecule is CCc1nn(C)c(C(=O)NCc2cnc([S+]([O-])C(C)C)s2)c1Cl. The fraction of sp³-hybridized carbons (Fsp3) is 0.500. The van der Waals surface area contributed by atoms with Crippen LogP contribution in [0, 0.1) is 0 Å². The van der Waals surface area contributed by atoms with Gasteiger partial charge in [-0.2, -0.15) is 10.1 Å². The van der Waals surface area contributed by atoms with Crippen molar-refractivity contribution in [1.29, 1.82) is 0 Å². The molecule has 0 radical (unpaired) electrons. The van der Waals surface area contributed by atoms with Crippen molar-refractivity contribution in [1.82, 2.24) is 20.1 Å². The van der Waals surface area contributed by atoms with Gasteiger partial charge in [-0.3, -0.25) is 9.48 Å². The number of hydrogen-bond donors (Lipinski definition) is 1. The molecule has 1 atom stereocenters. The number of nitrogens with zero attached hydrogens (tertiary/aromatic N) is 3. The molecule has 9 heteroatoms. The minimum absolute atomic E-state index is 0.0179. The Bertz CT molecular complexity index is 699. The van der Waals surface area contributed by atoms with Crippen LogP contribution >= 0.6 is 22.9 Å². The maximum atomic E-state index is 12.3. The van der Waals surface area contributed by atoms with Crippen LogP contribution in [0.1, 0.15) is 41.8 Å². The van der Waals surface area contributed by atoms with Crippen molar-refractivity contribution < 1.29 is 9.35 Å². The first-order chi connectivity index (χ1) is 10.8. The number of hydrogen-bond acceptors (Lipinski definition) is 5. The molecule has 0 fully saturated rings. The zero-order valence-corrected chi connectivity index (χ0v) is 15.8. The number of thiazole rings is 1. The van der Waals surface area contributed by atoms with Crippen molar-refractivity contribution in [2.75, 3.05) is 0 Å². The number of carbonyl (C=O) groups excluding carboxylic acids is 1. The van der Waals surface area contributed by atoms with Crippen molar-refractivity contribution >= 4 is 40.0 Å². The third-order valence-electron chi connectivity index (χ3n) is 3.16. The van der Waals surface area contributed by atoms with Crippen LogP contribution in [-0.2, 0) is 31.2 Å². The van der Waals surface area contributed by atoms with Crippen molar-refractivity contribution in [3.63, 3.8) is 0 Å². The van der Waals surface area contributed by atoms with Gasteiger partial charge in [0.15, 0.2) is 0 Å². The zero-order valence-electron chi connectivity index (χ0n) is 13.4. The number of halogens is 1. The van der Waals surface area contributed by atoms with E-state index in [4.69, 9.17) is 11.6 Å². The minimum atomic E-state index is -1.11. The van der Waals surface area contributed by atoms with Crippen molar-refractivity contribution in [3.8, 4) is 0 Å². The normalized spacial score (nSPS) is 12.7. The number of carbonyl (C=O) groups is 1. The molecule has 23 heavy (non-hydrogen) atoms. The van der Waals surface area contributed by atoms with E-state index >= 15 is 0 Å². The highest BCUT2D eigenvalue weighted by molar-refractivity contribution is 7.93. The van der Waals surface area contributed by atoms with E-state index in [9.17, 15) is 9.35 Å². The maximum absolute atomic E-state index is 12.3. The lowest BCUT2D eigenvalue weighted by molar-refractivity contribution is 0.0942. The van der Waals surface area contributed by atoms with Gasteiger partial charge >= 0.3 is 4.34 Å². The second kappa shape index (κ2) is 7.65. The van der Waals surface area contributed by atoms with Crippen LogP contribution in [0.25, 0.3) is 0 Å². The maximum Gasteiger partial charge on any atom is 0.302 e. The molecular formula is C14H19ClN4O2S2. The second-order valence-electron chi connectivity index (χ2n) is 5.21. The Morgan fingerprint density at radius 1 is 1.57 bits per heavy atom.